The number of ether oxygens (including phenoxy) is 1. The smallest absolute Gasteiger partial charge is 0.325 e. The van der Waals surface area contributed by atoms with Gasteiger partial charge in [-0.15, -0.1) is 0 Å². The molecular weight excluding hydrogens is 430 g/mol. The number of amides is 4. The zero-order chi connectivity index (χ0) is 23.5. The van der Waals surface area contributed by atoms with Gasteiger partial charge in [0, 0.05) is 38.1 Å². The molecule has 0 radical (unpaired) electrons. The minimum Gasteiger partial charge on any atom is -0.383 e. The van der Waals surface area contributed by atoms with Gasteiger partial charge in [0.1, 0.15) is 5.54 Å². The summed E-state index contributed by atoms with van der Waals surface area (Å²) in [6, 6.07) is 7.01. The largest absolute Gasteiger partial charge is 0.383 e. The molecule has 2 heterocycles. The Labute approximate surface area is 195 Å². The SMILES string of the molecule is COCCN1C(=O)NC(Cc2ccccc2Cl)(C2CCN(C(=O)CC(C)(C)C)CC2)C1=O. The van der Waals surface area contributed by atoms with E-state index in [1.165, 1.54) is 4.90 Å². The zero-order valence-corrected chi connectivity index (χ0v) is 20.2. The number of methoxy groups -OCH3 is 1. The second-order valence-electron chi connectivity index (χ2n) is 10.0. The molecule has 1 atom stereocenters. The molecule has 0 bridgehead atoms. The number of nitrogens with one attached hydrogen (secondary N) is 1. The number of rotatable bonds is 7. The fourth-order valence-electron chi connectivity index (χ4n) is 4.70. The molecule has 1 N–H and O–H groups in total. The first kappa shape index (κ1) is 24.5. The number of hydrogen-bond donors (Lipinski definition) is 1. The van der Waals surface area contributed by atoms with Crippen molar-refractivity contribution >= 4 is 29.4 Å². The van der Waals surface area contributed by atoms with Crippen molar-refractivity contribution in [2.75, 3.05) is 33.4 Å². The normalized spacial score (nSPS) is 22.4. The average molecular weight is 464 g/mol. The van der Waals surface area contributed by atoms with Crippen molar-refractivity contribution in [3.05, 3.63) is 34.9 Å². The summed E-state index contributed by atoms with van der Waals surface area (Å²) in [5.41, 5.74) is -0.325. The van der Waals surface area contributed by atoms with E-state index in [0.29, 0.717) is 43.8 Å². The highest BCUT2D eigenvalue weighted by molar-refractivity contribution is 6.31. The number of nitrogens with zero attached hydrogens (tertiary/aromatic N) is 2. The monoisotopic (exact) mass is 463 g/mol. The molecule has 8 heteroatoms. The first-order valence-electron chi connectivity index (χ1n) is 11.2. The number of urea groups is 1. The lowest BCUT2D eigenvalue weighted by atomic mass is 9.73. The molecule has 32 heavy (non-hydrogen) atoms. The van der Waals surface area contributed by atoms with Crippen LogP contribution in [0.2, 0.25) is 5.02 Å². The predicted molar refractivity (Wildman–Crippen MR) is 123 cm³/mol. The van der Waals surface area contributed by atoms with Crippen molar-refractivity contribution in [1.29, 1.82) is 0 Å². The summed E-state index contributed by atoms with van der Waals surface area (Å²) < 4.78 is 5.09. The van der Waals surface area contributed by atoms with E-state index in [0.717, 1.165) is 5.56 Å². The number of halogens is 1. The Morgan fingerprint density at radius 2 is 1.88 bits per heavy atom. The Kier molecular flexibility index (Phi) is 7.50. The van der Waals surface area contributed by atoms with Gasteiger partial charge in [-0.05, 0) is 35.8 Å². The van der Waals surface area contributed by atoms with Crippen molar-refractivity contribution in [2.45, 2.75) is 52.0 Å². The molecule has 7 nitrogen and oxygen atoms in total. The minimum atomic E-state index is -1.07. The lowest BCUT2D eigenvalue weighted by molar-refractivity contribution is -0.137. The molecular formula is C24H34ClN3O4. The van der Waals surface area contributed by atoms with Crippen LogP contribution in [0.4, 0.5) is 4.79 Å². The number of imide groups is 1. The summed E-state index contributed by atoms with van der Waals surface area (Å²) in [6.45, 7) is 7.79. The third-order valence-electron chi connectivity index (χ3n) is 6.37. The molecule has 1 aromatic rings. The second kappa shape index (κ2) is 9.79. The molecule has 4 amide bonds. The highest BCUT2D eigenvalue weighted by atomic mass is 35.5. The fraction of sp³-hybridized carbons (Fsp3) is 0.625. The van der Waals surface area contributed by atoms with Gasteiger partial charge in [-0.3, -0.25) is 14.5 Å². The van der Waals surface area contributed by atoms with Crippen LogP contribution in [-0.2, 0) is 20.7 Å². The van der Waals surface area contributed by atoms with Gasteiger partial charge in [-0.2, -0.15) is 0 Å². The van der Waals surface area contributed by atoms with Crippen LogP contribution in [0.15, 0.2) is 24.3 Å². The molecule has 2 saturated heterocycles. The van der Waals surface area contributed by atoms with Crippen molar-refractivity contribution in [3.63, 3.8) is 0 Å². The van der Waals surface area contributed by atoms with Crippen molar-refractivity contribution < 1.29 is 19.1 Å². The van der Waals surface area contributed by atoms with Crippen LogP contribution in [0.1, 0.15) is 45.6 Å². The number of benzene rings is 1. The zero-order valence-electron chi connectivity index (χ0n) is 19.4. The lowest BCUT2D eigenvalue weighted by Crippen LogP contribution is -2.58. The number of likely N-dealkylation sites (tertiary alicyclic amines) is 1. The molecule has 1 unspecified atom stereocenters. The van der Waals surface area contributed by atoms with Crippen molar-refractivity contribution in [3.8, 4) is 0 Å². The first-order chi connectivity index (χ1) is 15.1. The highest BCUT2D eigenvalue weighted by Gasteiger charge is 2.56. The van der Waals surface area contributed by atoms with Gasteiger partial charge in [-0.25, -0.2) is 4.79 Å². The van der Waals surface area contributed by atoms with Crippen LogP contribution in [0.5, 0.6) is 0 Å². The Balaban J connectivity index is 1.83. The molecule has 1 aromatic carbocycles. The van der Waals surface area contributed by atoms with Gasteiger partial charge in [0.2, 0.25) is 5.91 Å². The maximum atomic E-state index is 13.6. The standard InChI is InChI=1S/C24H34ClN3O4/c1-23(2,3)16-20(29)27-11-9-18(10-12-27)24(15-17-7-5-6-8-19(17)25)21(30)28(13-14-32-4)22(31)26-24/h5-8,18H,9-16H2,1-4H3,(H,26,31). The number of carbonyl (C=O) groups excluding carboxylic acids is 3. The predicted octanol–water partition coefficient (Wildman–Crippen LogP) is 3.49. The van der Waals surface area contributed by atoms with Crippen LogP contribution in [0, 0.1) is 11.3 Å². The van der Waals surface area contributed by atoms with Gasteiger partial charge in [0.25, 0.3) is 5.91 Å². The number of hydrogen-bond acceptors (Lipinski definition) is 4. The summed E-state index contributed by atoms with van der Waals surface area (Å²) in [5, 5.41) is 3.60. The Hall–Kier alpha value is -2.12. The molecule has 0 saturated carbocycles. The van der Waals surface area contributed by atoms with Gasteiger partial charge in [0.15, 0.2) is 0 Å². The lowest BCUT2D eigenvalue weighted by Gasteiger charge is -2.41. The summed E-state index contributed by atoms with van der Waals surface area (Å²) in [4.78, 5) is 42.2. The van der Waals surface area contributed by atoms with Gasteiger partial charge in [0.05, 0.1) is 13.2 Å². The van der Waals surface area contributed by atoms with Crippen LogP contribution in [0.25, 0.3) is 0 Å². The first-order valence-corrected chi connectivity index (χ1v) is 11.6. The Morgan fingerprint density at radius 3 is 2.47 bits per heavy atom. The summed E-state index contributed by atoms with van der Waals surface area (Å²) in [7, 11) is 1.54. The van der Waals surface area contributed by atoms with E-state index >= 15 is 0 Å². The van der Waals surface area contributed by atoms with E-state index in [1.807, 2.05) is 23.1 Å². The second-order valence-corrected chi connectivity index (χ2v) is 10.4. The molecule has 2 fully saturated rings. The van der Waals surface area contributed by atoms with Crippen LogP contribution < -0.4 is 5.32 Å². The van der Waals surface area contributed by atoms with E-state index < -0.39 is 11.6 Å². The van der Waals surface area contributed by atoms with E-state index in [1.54, 1.807) is 13.2 Å². The van der Waals surface area contributed by atoms with Gasteiger partial charge in [-0.1, -0.05) is 50.6 Å². The molecule has 0 spiro atoms. The Morgan fingerprint density at radius 1 is 1.22 bits per heavy atom. The van der Waals surface area contributed by atoms with Crippen molar-refractivity contribution in [2.24, 2.45) is 11.3 Å². The summed E-state index contributed by atoms with van der Waals surface area (Å²) in [6.07, 6.45) is 2.10. The summed E-state index contributed by atoms with van der Waals surface area (Å²) in [5.74, 6) is -0.194. The molecule has 2 aliphatic rings. The van der Waals surface area contributed by atoms with E-state index in [4.69, 9.17) is 16.3 Å². The number of piperidine rings is 1. The third kappa shape index (κ3) is 5.26. The van der Waals surface area contributed by atoms with E-state index in [-0.39, 0.29) is 36.3 Å². The van der Waals surface area contributed by atoms with E-state index in [9.17, 15) is 14.4 Å². The minimum absolute atomic E-state index is 0.0730. The van der Waals surface area contributed by atoms with Gasteiger partial charge >= 0.3 is 6.03 Å². The average Bonchev–Trinajstić information content (AvgIpc) is 2.97. The van der Waals surface area contributed by atoms with E-state index in [2.05, 4.69) is 26.1 Å². The number of carbonyl (C=O) groups is 3. The molecule has 0 aromatic heterocycles. The topological polar surface area (TPSA) is 79.0 Å². The molecule has 176 valence electrons. The van der Waals surface area contributed by atoms with Crippen LogP contribution >= 0.6 is 11.6 Å². The molecule has 2 aliphatic heterocycles. The summed E-state index contributed by atoms with van der Waals surface area (Å²) >= 11 is 6.42. The quantitative estimate of drug-likeness (QED) is 0.628. The van der Waals surface area contributed by atoms with Crippen molar-refractivity contribution in [1.82, 2.24) is 15.1 Å². The highest BCUT2D eigenvalue weighted by Crippen LogP contribution is 2.38. The van der Waals surface area contributed by atoms with Crippen LogP contribution in [0.3, 0.4) is 0 Å². The maximum absolute atomic E-state index is 13.6. The molecule has 3 rings (SSSR count). The van der Waals surface area contributed by atoms with Gasteiger partial charge < -0.3 is 15.0 Å². The third-order valence-corrected chi connectivity index (χ3v) is 6.74. The molecule has 0 aliphatic carbocycles. The van der Waals surface area contributed by atoms with Crippen LogP contribution in [-0.4, -0.2) is 66.5 Å². The Bertz CT molecular complexity index is 861. The fourth-order valence-corrected chi connectivity index (χ4v) is 4.90. The maximum Gasteiger partial charge on any atom is 0.325 e.